The van der Waals surface area contributed by atoms with Gasteiger partial charge in [-0.3, -0.25) is 4.98 Å². The zero-order valence-corrected chi connectivity index (χ0v) is 25.0. The Bertz CT molecular complexity index is 2720. The largest absolute Gasteiger partial charge is 0.265 e. The fourth-order valence-electron chi connectivity index (χ4n) is 7.98. The molecule has 1 aromatic heterocycles. The minimum absolute atomic E-state index is 1.18. The summed E-state index contributed by atoms with van der Waals surface area (Å²) in [4.78, 5) is 4.31. The molecule has 46 heavy (non-hydrogen) atoms. The van der Waals surface area contributed by atoms with Crippen LogP contribution in [0.5, 0.6) is 0 Å². The van der Waals surface area contributed by atoms with Gasteiger partial charge < -0.3 is 0 Å². The van der Waals surface area contributed by atoms with Crippen LogP contribution in [0, 0.1) is 0 Å². The zero-order valence-electron chi connectivity index (χ0n) is 25.0. The molecule has 1 nitrogen and oxygen atoms in total. The van der Waals surface area contributed by atoms with Crippen molar-refractivity contribution in [2.75, 3.05) is 0 Å². The molecule has 1 heterocycles. The summed E-state index contributed by atoms with van der Waals surface area (Å²) in [5.74, 6) is 0. The normalized spacial score (nSPS) is 11.9. The molecule has 0 radical (unpaired) electrons. The van der Waals surface area contributed by atoms with Crippen molar-refractivity contribution in [2.24, 2.45) is 0 Å². The van der Waals surface area contributed by atoms with Crippen molar-refractivity contribution in [3.63, 3.8) is 0 Å². The highest BCUT2D eigenvalue weighted by Crippen LogP contribution is 2.47. The van der Waals surface area contributed by atoms with Gasteiger partial charge in [-0.05, 0) is 110 Å². The lowest BCUT2D eigenvalue weighted by Gasteiger charge is -2.19. The molecule has 0 aliphatic carbocycles. The van der Waals surface area contributed by atoms with E-state index in [9.17, 15) is 0 Å². The first kappa shape index (κ1) is 25.3. The first-order valence-electron chi connectivity index (χ1n) is 15.9. The van der Waals surface area contributed by atoms with Crippen molar-refractivity contribution in [3.8, 4) is 33.4 Å². The topological polar surface area (TPSA) is 12.9 Å². The quantitative estimate of drug-likeness (QED) is 0.149. The van der Waals surface area contributed by atoms with Crippen LogP contribution in [0.1, 0.15) is 0 Å². The number of hydrogen-bond donors (Lipinski definition) is 0. The lowest BCUT2D eigenvalue weighted by molar-refractivity contribution is 1.33. The van der Waals surface area contributed by atoms with Gasteiger partial charge >= 0.3 is 0 Å². The highest BCUT2D eigenvalue weighted by Gasteiger charge is 2.19. The van der Waals surface area contributed by atoms with Crippen LogP contribution in [0.3, 0.4) is 0 Å². The van der Waals surface area contributed by atoms with Crippen molar-refractivity contribution in [1.82, 2.24) is 4.98 Å². The SMILES string of the molecule is c1cc2ccc3ccc(-c4cccc5c(-c6c7ccccc7c(-c7ccncc7)c7ccccc67)cccc45)c4ccc(c1)c2c34. The van der Waals surface area contributed by atoms with Crippen molar-refractivity contribution in [3.05, 3.63) is 164 Å². The van der Waals surface area contributed by atoms with Crippen molar-refractivity contribution in [2.45, 2.75) is 0 Å². The van der Waals surface area contributed by atoms with Gasteiger partial charge in [0.2, 0.25) is 0 Å². The molecular formula is C45H27N. The molecule has 0 spiro atoms. The molecule has 0 aliphatic heterocycles. The second-order valence-corrected chi connectivity index (χ2v) is 12.3. The Morgan fingerprint density at radius 2 is 0.761 bits per heavy atom. The standard InChI is InChI=1S/C45H27N/c1-3-12-39-37(10-1)43(31-24-26-46-27-25-31)38-11-2-4-13-40(38)45(39)36-17-7-15-32-33(14-6-16-34(32)36)35-22-20-30-19-18-28-8-5-9-29-21-23-41(35)44(30)42(28)29/h1-27H. The van der Waals surface area contributed by atoms with E-state index in [2.05, 4.69) is 157 Å². The predicted octanol–water partition coefficient (Wildman–Crippen LogP) is 12.4. The first-order valence-corrected chi connectivity index (χ1v) is 15.9. The number of pyridine rings is 1. The van der Waals surface area contributed by atoms with Gasteiger partial charge in [0.05, 0.1) is 0 Å². The Hall–Kier alpha value is -6.05. The number of hydrogen-bond acceptors (Lipinski definition) is 1. The van der Waals surface area contributed by atoms with Crippen molar-refractivity contribution < 1.29 is 0 Å². The monoisotopic (exact) mass is 581 g/mol. The Labute approximate surface area is 266 Å². The van der Waals surface area contributed by atoms with E-state index in [-0.39, 0.29) is 0 Å². The lowest BCUT2D eigenvalue weighted by Crippen LogP contribution is -1.92. The van der Waals surface area contributed by atoms with Crippen LogP contribution in [0.2, 0.25) is 0 Å². The molecule has 0 bridgehead atoms. The maximum Gasteiger partial charge on any atom is 0.0273 e. The van der Waals surface area contributed by atoms with E-state index in [1.807, 2.05) is 12.4 Å². The second kappa shape index (κ2) is 9.72. The van der Waals surface area contributed by atoms with Gasteiger partial charge in [0.15, 0.2) is 0 Å². The van der Waals surface area contributed by atoms with Crippen molar-refractivity contribution >= 4 is 64.6 Å². The summed E-state index contributed by atoms with van der Waals surface area (Å²) in [6, 6.07) is 56.0. The highest BCUT2D eigenvalue weighted by atomic mass is 14.6. The number of rotatable bonds is 3. The maximum absolute atomic E-state index is 4.31. The summed E-state index contributed by atoms with van der Waals surface area (Å²) in [6.45, 7) is 0. The molecule has 0 unspecified atom stereocenters. The average molecular weight is 582 g/mol. The lowest BCUT2D eigenvalue weighted by atomic mass is 9.83. The molecule has 1 heteroatoms. The Balaban J connectivity index is 1.29. The molecular weight excluding hydrogens is 555 g/mol. The predicted molar refractivity (Wildman–Crippen MR) is 197 cm³/mol. The van der Waals surface area contributed by atoms with E-state index in [0.717, 1.165) is 0 Å². The molecule has 0 amide bonds. The van der Waals surface area contributed by atoms with Crippen LogP contribution in [0.4, 0.5) is 0 Å². The molecule has 0 aliphatic rings. The van der Waals surface area contributed by atoms with Gasteiger partial charge in [-0.1, -0.05) is 140 Å². The summed E-state index contributed by atoms with van der Waals surface area (Å²) in [5, 5.41) is 15.4. The van der Waals surface area contributed by atoms with Crippen LogP contribution < -0.4 is 0 Å². The Morgan fingerprint density at radius 1 is 0.283 bits per heavy atom. The number of nitrogens with zero attached hydrogens (tertiary/aromatic N) is 1. The molecule has 0 saturated carbocycles. The Morgan fingerprint density at radius 3 is 1.43 bits per heavy atom. The minimum Gasteiger partial charge on any atom is -0.265 e. The fourth-order valence-corrected chi connectivity index (χ4v) is 7.98. The van der Waals surface area contributed by atoms with Crippen LogP contribution in [0.25, 0.3) is 98.0 Å². The fraction of sp³-hybridized carbons (Fsp3) is 0. The summed E-state index contributed by atoms with van der Waals surface area (Å²) in [6.07, 6.45) is 3.77. The number of aromatic nitrogens is 1. The van der Waals surface area contributed by atoms with E-state index in [1.165, 1.54) is 98.0 Å². The third-order valence-electron chi connectivity index (χ3n) is 9.91. The molecule has 0 N–H and O–H groups in total. The molecule has 0 fully saturated rings. The second-order valence-electron chi connectivity index (χ2n) is 12.3. The molecule has 212 valence electrons. The van der Waals surface area contributed by atoms with Gasteiger partial charge in [0.1, 0.15) is 0 Å². The van der Waals surface area contributed by atoms with Gasteiger partial charge in [-0.25, -0.2) is 0 Å². The average Bonchev–Trinajstić information content (AvgIpc) is 3.13. The van der Waals surface area contributed by atoms with Gasteiger partial charge in [0.25, 0.3) is 0 Å². The smallest absolute Gasteiger partial charge is 0.0273 e. The summed E-state index contributed by atoms with van der Waals surface area (Å²) in [5.41, 5.74) is 7.51. The van der Waals surface area contributed by atoms with E-state index >= 15 is 0 Å². The van der Waals surface area contributed by atoms with Crippen LogP contribution in [-0.4, -0.2) is 4.98 Å². The number of benzene rings is 9. The van der Waals surface area contributed by atoms with Crippen LogP contribution >= 0.6 is 0 Å². The van der Waals surface area contributed by atoms with E-state index < -0.39 is 0 Å². The molecule has 10 rings (SSSR count). The van der Waals surface area contributed by atoms with Crippen molar-refractivity contribution in [1.29, 1.82) is 0 Å². The summed E-state index contributed by atoms with van der Waals surface area (Å²) in [7, 11) is 0. The van der Waals surface area contributed by atoms with Crippen LogP contribution in [0.15, 0.2) is 164 Å². The maximum atomic E-state index is 4.31. The van der Waals surface area contributed by atoms with Gasteiger partial charge in [-0.2, -0.15) is 0 Å². The van der Waals surface area contributed by atoms with Gasteiger partial charge in [0, 0.05) is 12.4 Å². The summed E-state index contributed by atoms with van der Waals surface area (Å²) < 4.78 is 0. The first-order chi connectivity index (χ1) is 22.8. The number of fused-ring (bicyclic) bond motifs is 3. The van der Waals surface area contributed by atoms with E-state index in [1.54, 1.807) is 0 Å². The summed E-state index contributed by atoms with van der Waals surface area (Å²) >= 11 is 0. The molecule has 0 saturated heterocycles. The third kappa shape index (κ3) is 3.54. The zero-order chi connectivity index (χ0) is 30.2. The minimum atomic E-state index is 1.18. The molecule has 0 atom stereocenters. The Kier molecular flexibility index (Phi) is 5.35. The highest BCUT2D eigenvalue weighted by molar-refractivity contribution is 6.27. The third-order valence-corrected chi connectivity index (χ3v) is 9.91. The van der Waals surface area contributed by atoms with Crippen LogP contribution in [-0.2, 0) is 0 Å². The van der Waals surface area contributed by atoms with Gasteiger partial charge in [-0.15, -0.1) is 0 Å². The molecule has 9 aromatic carbocycles. The van der Waals surface area contributed by atoms with E-state index in [4.69, 9.17) is 0 Å². The van der Waals surface area contributed by atoms with E-state index in [0.29, 0.717) is 0 Å². The molecule has 10 aromatic rings.